The lowest BCUT2D eigenvalue weighted by molar-refractivity contribution is -0.148. The highest BCUT2D eigenvalue weighted by molar-refractivity contribution is 6.03. The van der Waals surface area contributed by atoms with Gasteiger partial charge in [-0.05, 0) is 54.5 Å². The second kappa shape index (κ2) is 10.7. The van der Waals surface area contributed by atoms with Gasteiger partial charge in [-0.15, -0.1) is 0 Å². The molecule has 0 aliphatic rings. The molecule has 0 saturated carbocycles. The molecule has 0 heterocycles. The van der Waals surface area contributed by atoms with Gasteiger partial charge in [0, 0.05) is 43.9 Å². The van der Waals surface area contributed by atoms with Crippen molar-refractivity contribution in [2.24, 2.45) is 0 Å². The van der Waals surface area contributed by atoms with Crippen LogP contribution in [0.25, 0.3) is 0 Å². The smallest absolute Gasteiger partial charge is 0.332 e. The van der Waals surface area contributed by atoms with Crippen LogP contribution in [-0.2, 0) is 19.1 Å². The Bertz CT molecular complexity index is 522. The molecule has 0 aliphatic carbocycles. The Labute approximate surface area is 151 Å². The van der Waals surface area contributed by atoms with Gasteiger partial charge < -0.3 is 14.5 Å². The average molecular weight is 352 g/mol. The summed E-state index contributed by atoms with van der Waals surface area (Å²) in [5, 5.41) is 0. The van der Waals surface area contributed by atoms with Gasteiger partial charge in [-0.25, -0.2) is 4.79 Å². The molecule has 0 fully saturated rings. The largest absolute Gasteiger partial charge is 0.457 e. The minimum atomic E-state index is -0.655. The molecule has 6 heteroatoms. The number of carbonyl (C=O) groups is 3. The van der Waals surface area contributed by atoms with Gasteiger partial charge in [0.15, 0.2) is 0 Å². The first-order chi connectivity index (χ1) is 11.6. The molecule has 142 valence electrons. The van der Waals surface area contributed by atoms with Crippen LogP contribution < -0.4 is 0 Å². The molecule has 2 amide bonds. The molecule has 0 aromatic heterocycles. The third-order valence-electron chi connectivity index (χ3n) is 3.46. The lowest BCUT2D eigenvalue weighted by Gasteiger charge is -2.21. The highest BCUT2D eigenvalue weighted by Crippen LogP contribution is 2.11. The van der Waals surface area contributed by atoms with Crippen LogP contribution in [-0.4, -0.2) is 59.4 Å². The summed E-state index contributed by atoms with van der Waals surface area (Å²) in [7, 11) is 0. The summed E-state index contributed by atoms with van der Waals surface area (Å²) in [6.07, 6.45) is 3.87. The van der Waals surface area contributed by atoms with Gasteiger partial charge in [0.1, 0.15) is 5.60 Å². The maximum absolute atomic E-state index is 12.6. The van der Waals surface area contributed by atoms with E-state index >= 15 is 0 Å². The number of hydrogen-bond donors (Lipinski definition) is 0. The second-order valence-electron chi connectivity index (χ2n) is 6.45. The van der Waals surface area contributed by atoms with Crippen molar-refractivity contribution in [3.63, 3.8) is 0 Å². The van der Waals surface area contributed by atoms with Crippen molar-refractivity contribution in [2.45, 2.75) is 54.1 Å². The Balaban J connectivity index is 5.57. The van der Waals surface area contributed by atoms with Crippen LogP contribution >= 0.6 is 0 Å². The fourth-order valence-corrected chi connectivity index (χ4v) is 2.13. The predicted octanol–water partition coefficient (Wildman–Crippen LogP) is 2.55. The summed E-state index contributed by atoms with van der Waals surface area (Å²) < 4.78 is 5.25. The second-order valence-corrected chi connectivity index (χ2v) is 6.45. The molecule has 0 aromatic rings. The Morgan fingerprint density at radius 2 is 1.32 bits per heavy atom. The normalized spacial score (nSPS) is 12.2. The van der Waals surface area contributed by atoms with Gasteiger partial charge in [-0.3, -0.25) is 9.59 Å². The summed E-state index contributed by atoms with van der Waals surface area (Å²) in [6, 6.07) is 0. The van der Waals surface area contributed by atoms with Gasteiger partial charge >= 0.3 is 5.97 Å². The maximum Gasteiger partial charge on any atom is 0.332 e. The lowest BCUT2D eigenvalue weighted by atomic mass is 10.1. The van der Waals surface area contributed by atoms with Crippen LogP contribution in [0.3, 0.4) is 0 Å². The van der Waals surface area contributed by atoms with Crippen molar-refractivity contribution in [1.82, 2.24) is 9.80 Å². The summed E-state index contributed by atoms with van der Waals surface area (Å²) in [4.78, 5) is 40.0. The number of esters is 1. The topological polar surface area (TPSA) is 66.9 Å². The molecule has 0 atom stereocenters. The monoisotopic (exact) mass is 352 g/mol. The zero-order chi connectivity index (χ0) is 19.6. The van der Waals surface area contributed by atoms with Crippen LogP contribution in [0.15, 0.2) is 23.8 Å². The lowest BCUT2D eigenvalue weighted by Crippen LogP contribution is -2.32. The first-order valence-electron chi connectivity index (χ1n) is 8.80. The van der Waals surface area contributed by atoms with Crippen molar-refractivity contribution >= 4 is 17.8 Å². The highest BCUT2D eigenvalue weighted by atomic mass is 16.6. The molecule has 0 unspecified atom stereocenters. The third kappa shape index (κ3) is 8.52. The Morgan fingerprint density at radius 3 is 1.72 bits per heavy atom. The van der Waals surface area contributed by atoms with Crippen LogP contribution in [0.1, 0.15) is 48.5 Å². The number of amides is 2. The fourth-order valence-electron chi connectivity index (χ4n) is 2.13. The number of hydrogen-bond acceptors (Lipinski definition) is 4. The highest BCUT2D eigenvalue weighted by Gasteiger charge is 2.19. The number of carbonyl (C=O) groups excluding carboxylic acids is 3. The van der Waals surface area contributed by atoms with Gasteiger partial charge in [0.2, 0.25) is 5.91 Å². The minimum absolute atomic E-state index is 0.137. The molecule has 0 rings (SSSR count). The summed E-state index contributed by atoms with van der Waals surface area (Å²) in [5.41, 5.74) is -0.518. The van der Waals surface area contributed by atoms with Crippen molar-refractivity contribution in [3.05, 3.63) is 23.8 Å². The fraction of sp³-hybridized carbons (Fsp3) is 0.632. The van der Waals surface area contributed by atoms with E-state index in [1.807, 2.05) is 27.7 Å². The number of rotatable bonds is 8. The SMILES string of the molecule is CCN(CC)C(=O)/C=C/C(=C/C(=O)OC(C)(C)C)C(=O)N(CC)CC. The molecule has 6 nitrogen and oxygen atoms in total. The van der Waals surface area contributed by atoms with Crippen molar-refractivity contribution in [1.29, 1.82) is 0 Å². The van der Waals surface area contributed by atoms with E-state index in [9.17, 15) is 14.4 Å². The summed E-state index contributed by atoms with van der Waals surface area (Å²) >= 11 is 0. The van der Waals surface area contributed by atoms with Gasteiger partial charge in [0.25, 0.3) is 5.91 Å². The van der Waals surface area contributed by atoms with Crippen LogP contribution in [0.5, 0.6) is 0 Å². The Kier molecular flexibility index (Phi) is 9.79. The molecule has 0 radical (unpaired) electrons. The molecule has 0 saturated heterocycles. The minimum Gasteiger partial charge on any atom is -0.457 e. The quantitative estimate of drug-likeness (QED) is 0.382. The van der Waals surface area contributed by atoms with E-state index in [-0.39, 0.29) is 17.4 Å². The summed E-state index contributed by atoms with van der Waals surface area (Å²) in [6.45, 7) is 14.9. The molecule has 0 aromatic carbocycles. The van der Waals surface area contributed by atoms with E-state index < -0.39 is 11.6 Å². The Morgan fingerprint density at radius 1 is 0.840 bits per heavy atom. The molecular formula is C19H32N2O4. The molecule has 0 spiro atoms. The van der Waals surface area contributed by atoms with E-state index in [2.05, 4.69) is 0 Å². The van der Waals surface area contributed by atoms with Crippen molar-refractivity contribution in [3.8, 4) is 0 Å². The van der Waals surface area contributed by atoms with Gasteiger partial charge in [-0.2, -0.15) is 0 Å². The van der Waals surface area contributed by atoms with Crippen LogP contribution in [0, 0.1) is 0 Å². The van der Waals surface area contributed by atoms with Gasteiger partial charge in [-0.1, -0.05) is 0 Å². The zero-order valence-electron chi connectivity index (χ0n) is 16.6. The van der Waals surface area contributed by atoms with E-state index in [0.29, 0.717) is 26.2 Å². The molecular weight excluding hydrogens is 320 g/mol. The first-order valence-corrected chi connectivity index (χ1v) is 8.80. The van der Waals surface area contributed by atoms with E-state index in [0.717, 1.165) is 6.08 Å². The third-order valence-corrected chi connectivity index (χ3v) is 3.46. The van der Waals surface area contributed by atoms with Gasteiger partial charge in [0.05, 0.1) is 0 Å². The van der Waals surface area contributed by atoms with Crippen molar-refractivity contribution in [2.75, 3.05) is 26.2 Å². The standard InChI is InChI=1S/C19H32N2O4/c1-8-20(9-2)16(22)13-12-15(18(24)21(10-3)11-4)14-17(23)25-19(5,6)7/h12-14H,8-11H2,1-7H3/b13-12+,15-14-. The molecule has 0 bridgehead atoms. The zero-order valence-corrected chi connectivity index (χ0v) is 16.6. The maximum atomic E-state index is 12.6. The summed E-state index contributed by atoms with van der Waals surface area (Å²) in [5.74, 6) is -1.12. The molecule has 25 heavy (non-hydrogen) atoms. The number of ether oxygens (including phenoxy) is 1. The molecule has 0 N–H and O–H groups in total. The first kappa shape index (κ1) is 22.9. The van der Waals surface area contributed by atoms with Crippen LogP contribution in [0.2, 0.25) is 0 Å². The van der Waals surface area contributed by atoms with Crippen molar-refractivity contribution < 1.29 is 19.1 Å². The van der Waals surface area contributed by atoms with E-state index in [1.54, 1.807) is 30.6 Å². The average Bonchev–Trinajstić information content (AvgIpc) is 2.51. The Hall–Kier alpha value is -2.11. The van der Waals surface area contributed by atoms with E-state index in [4.69, 9.17) is 4.74 Å². The number of nitrogens with zero attached hydrogens (tertiary/aromatic N) is 2. The number of likely N-dealkylation sites (N-methyl/N-ethyl adjacent to an activating group) is 2. The van der Waals surface area contributed by atoms with E-state index in [1.165, 1.54) is 12.2 Å². The molecule has 0 aliphatic heterocycles. The van der Waals surface area contributed by atoms with Crippen LogP contribution in [0.4, 0.5) is 0 Å². The predicted molar refractivity (Wildman–Crippen MR) is 98.9 cm³/mol.